The van der Waals surface area contributed by atoms with Crippen molar-refractivity contribution < 1.29 is 13.2 Å². The molecule has 20 heavy (non-hydrogen) atoms. The summed E-state index contributed by atoms with van der Waals surface area (Å²) in [5, 5.41) is 9.80. The summed E-state index contributed by atoms with van der Waals surface area (Å²) in [5.74, 6) is -1.31. The molecule has 1 fully saturated rings. The molecular weight excluding hydrogens is 333 g/mol. The fourth-order valence-electron chi connectivity index (χ4n) is 2.49. The number of anilines is 1. The Morgan fingerprint density at radius 2 is 2.15 bits per heavy atom. The Balaban J connectivity index is 2.25. The van der Waals surface area contributed by atoms with Crippen LogP contribution in [0.5, 0.6) is 0 Å². The maximum atomic E-state index is 12.8. The first-order valence-electron chi connectivity index (χ1n) is 6.36. The molecule has 0 aromatic heterocycles. The lowest BCUT2D eigenvalue weighted by molar-refractivity contribution is -0.175. The molecule has 1 unspecified atom stereocenters. The summed E-state index contributed by atoms with van der Waals surface area (Å²) in [5.41, 5.74) is 1.98. The minimum absolute atomic E-state index is 0.0637. The molecule has 1 saturated heterocycles. The molecule has 1 aromatic carbocycles. The van der Waals surface area contributed by atoms with Crippen molar-refractivity contribution in [3.05, 3.63) is 29.3 Å². The summed E-state index contributed by atoms with van der Waals surface area (Å²) >= 11 is 3.31. The molecule has 0 bridgehead atoms. The smallest absolute Gasteiger partial charge is 0.370 e. The molecule has 1 atom stereocenters. The molecular formula is C14H14BrF3N2. The van der Waals surface area contributed by atoms with Crippen molar-refractivity contribution in [3.63, 3.8) is 0 Å². The van der Waals surface area contributed by atoms with E-state index in [0.717, 1.165) is 5.56 Å². The molecule has 2 rings (SSSR count). The molecule has 1 aliphatic heterocycles. The van der Waals surface area contributed by atoms with Crippen LogP contribution in [-0.4, -0.2) is 19.3 Å². The van der Waals surface area contributed by atoms with Gasteiger partial charge in [0.2, 0.25) is 0 Å². The van der Waals surface area contributed by atoms with Crippen LogP contribution in [0, 0.1) is 17.2 Å². The predicted octanol–water partition coefficient (Wildman–Crippen LogP) is 4.23. The molecule has 0 radical (unpaired) electrons. The minimum atomic E-state index is -4.17. The van der Waals surface area contributed by atoms with Crippen LogP contribution in [0.4, 0.5) is 18.9 Å². The average molecular weight is 347 g/mol. The van der Waals surface area contributed by atoms with Crippen molar-refractivity contribution in [3.8, 4) is 6.07 Å². The van der Waals surface area contributed by atoms with Crippen LogP contribution in [-0.2, 0) is 5.33 Å². The third-order valence-electron chi connectivity index (χ3n) is 3.56. The fourth-order valence-corrected chi connectivity index (χ4v) is 2.84. The highest BCUT2D eigenvalue weighted by Gasteiger charge is 2.42. The van der Waals surface area contributed by atoms with Gasteiger partial charge in [-0.3, -0.25) is 0 Å². The first kappa shape index (κ1) is 15.2. The predicted molar refractivity (Wildman–Crippen MR) is 74.8 cm³/mol. The van der Waals surface area contributed by atoms with Crippen LogP contribution >= 0.6 is 15.9 Å². The standard InChI is InChI=1S/C14H14BrF3N2/c15-7-10-3-4-13(11(6-10)8-19)20-5-1-2-12(9-20)14(16,17)18/h3-4,6,12H,1-2,5,7,9H2. The minimum Gasteiger partial charge on any atom is -0.370 e. The molecule has 0 spiro atoms. The topological polar surface area (TPSA) is 27.0 Å². The van der Waals surface area contributed by atoms with Gasteiger partial charge in [-0.15, -0.1) is 0 Å². The lowest BCUT2D eigenvalue weighted by Crippen LogP contribution is -2.42. The van der Waals surface area contributed by atoms with Gasteiger partial charge in [-0.25, -0.2) is 0 Å². The van der Waals surface area contributed by atoms with Crippen LogP contribution < -0.4 is 4.90 Å². The molecule has 1 aliphatic rings. The van der Waals surface area contributed by atoms with Crippen molar-refractivity contribution >= 4 is 21.6 Å². The molecule has 0 amide bonds. The van der Waals surface area contributed by atoms with Crippen LogP contribution in [0.25, 0.3) is 0 Å². The lowest BCUT2D eigenvalue weighted by atomic mass is 9.96. The highest BCUT2D eigenvalue weighted by atomic mass is 79.9. The van der Waals surface area contributed by atoms with Gasteiger partial charge in [0.25, 0.3) is 0 Å². The second kappa shape index (κ2) is 6.04. The average Bonchev–Trinajstić information content (AvgIpc) is 2.45. The van der Waals surface area contributed by atoms with E-state index in [1.807, 2.05) is 6.07 Å². The van der Waals surface area contributed by atoms with Gasteiger partial charge in [0.1, 0.15) is 6.07 Å². The first-order chi connectivity index (χ1) is 9.45. The van der Waals surface area contributed by atoms with E-state index in [-0.39, 0.29) is 13.0 Å². The summed E-state index contributed by atoms with van der Waals surface area (Å²) in [4.78, 5) is 1.68. The second-order valence-electron chi connectivity index (χ2n) is 4.92. The van der Waals surface area contributed by atoms with Crippen LogP contribution in [0.2, 0.25) is 0 Å². The van der Waals surface area contributed by atoms with Gasteiger partial charge in [-0.1, -0.05) is 22.0 Å². The molecule has 1 heterocycles. The number of hydrogen-bond donors (Lipinski definition) is 0. The van der Waals surface area contributed by atoms with Crippen molar-refractivity contribution in [2.75, 3.05) is 18.0 Å². The van der Waals surface area contributed by atoms with Gasteiger partial charge in [-0.05, 0) is 30.5 Å². The number of rotatable bonds is 2. The Labute approximate surface area is 124 Å². The van der Waals surface area contributed by atoms with E-state index in [1.165, 1.54) is 0 Å². The summed E-state index contributed by atoms with van der Waals surface area (Å²) < 4.78 is 38.5. The van der Waals surface area contributed by atoms with E-state index in [4.69, 9.17) is 0 Å². The van der Waals surface area contributed by atoms with Gasteiger partial charge in [0.05, 0.1) is 17.2 Å². The molecule has 0 aliphatic carbocycles. The Morgan fingerprint density at radius 3 is 2.75 bits per heavy atom. The highest BCUT2D eigenvalue weighted by Crippen LogP contribution is 2.35. The number of alkyl halides is 4. The number of hydrogen-bond acceptors (Lipinski definition) is 2. The number of benzene rings is 1. The maximum absolute atomic E-state index is 12.8. The van der Waals surface area contributed by atoms with Gasteiger partial charge in [0.15, 0.2) is 0 Å². The van der Waals surface area contributed by atoms with Crippen molar-refractivity contribution in [2.24, 2.45) is 5.92 Å². The van der Waals surface area contributed by atoms with Crippen molar-refractivity contribution in [2.45, 2.75) is 24.3 Å². The quantitative estimate of drug-likeness (QED) is 0.749. The third-order valence-corrected chi connectivity index (χ3v) is 4.21. The Kier molecular flexibility index (Phi) is 4.59. The summed E-state index contributed by atoms with van der Waals surface area (Å²) in [6.45, 7) is 0.501. The lowest BCUT2D eigenvalue weighted by Gasteiger charge is -2.35. The first-order valence-corrected chi connectivity index (χ1v) is 7.48. The van der Waals surface area contributed by atoms with E-state index >= 15 is 0 Å². The molecule has 108 valence electrons. The number of nitrogens with zero attached hydrogens (tertiary/aromatic N) is 2. The largest absolute Gasteiger partial charge is 0.393 e. The number of halogens is 4. The van der Waals surface area contributed by atoms with Crippen LogP contribution in [0.1, 0.15) is 24.0 Å². The summed E-state index contributed by atoms with van der Waals surface area (Å²) in [7, 11) is 0. The normalized spacial score (nSPS) is 19.8. The summed E-state index contributed by atoms with van der Waals surface area (Å²) in [6, 6.07) is 7.38. The Hall–Kier alpha value is -1.22. The summed E-state index contributed by atoms with van der Waals surface area (Å²) in [6.07, 6.45) is -3.50. The van der Waals surface area contributed by atoms with E-state index in [2.05, 4.69) is 22.0 Å². The molecule has 1 aromatic rings. The van der Waals surface area contributed by atoms with E-state index in [1.54, 1.807) is 17.0 Å². The van der Waals surface area contributed by atoms with Crippen LogP contribution in [0.15, 0.2) is 18.2 Å². The van der Waals surface area contributed by atoms with E-state index in [0.29, 0.717) is 29.5 Å². The molecule has 0 saturated carbocycles. The van der Waals surface area contributed by atoms with Crippen molar-refractivity contribution in [1.82, 2.24) is 0 Å². The number of nitriles is 1. The third kappa shape index (κ3) is 3.26. The SMILES string of the molecule is N#Cc1cc(CBr)ccc1N1CCCC(C(F)(F)F)C1. The van der Waals surface area contributed by atoms with E-state index < -0.39 is 12.1 Å². The highest BCUT2D eigenvalue weighted by molar-refractivity contribution is 9.08. The van der Waals surface area contributed by atoms with E-state index in [9.17, 15) is 18.4 Å². The van der Waals surface area contributed by atoms with Gasteiger partial charge < -0.3 is 4.90 Å². The van der Waals surface area contributed by atoms with Gasteiger partial charge in [0, 0.05) is 18.4 Å². The number of piperidine rings is 1. The molecule has 6 heteroatoms. The maximum Gasteiger partial charge on any atom is 0.393 e. The fraction of sp³-hybridized carbons (Fsp3) is 0.500. The van der Waals surface area contributed by atoms with Crippen molar-refractivity contribution in [1.29, 1.82) is 5.26 Å². The van der Waals surface area contributed by atoms with Gasteiger partial charge >= 0.3 is 6.18 Å². The Morgan fingerprint density at radius 1 is 1.40 bits per heavy atom. The molecule has 0 N–H and O–H groups in total. The monoisotopic (exact) mass is 346 g/mol. The zero-order valence-corrected chi connectivity index (χ0v) is 12.3. The zero-order valence-electron chi connectivity index (χ0n) is 10.8. The Bertz CT molecular complexity index is 522. The molecule has 2 nitrogen and oxygen atoms in total. The van der Waals surface area contributed by atoms with Crippen LogP contribution in [0.3, 0.4) is 0 Å². The van der Waals surface area contributed by atoms with Gasteiger partial charge in [-0.2, -0.15) is 18.4 Å². The zero-order chi connectivity index (χ0) is 14.8. The second-order valence-corrected chi connectivity index (χ2v) is 5.48.